The molecular formula is C15H27N5O. The summed E-state index contributed by atoms with van der Waals surface area (Å²) in [6.45, 7) is 11.6. The molecule has 0 spiro atoms. The van der Waals surface area contributed by atoms with E-state index in [1.807, 2.05) is 13.8 Å². The number of nitrogens with two attached hydrogens (primary N) is 1. The monoisotopic (exact) mass is 293 g/mol. The summed E-state index contributed by atoms with van der Waals surface area (Å²) >= 11 is 0. The minimum atomic E-state index is 0.498. The molecule has 0 radical (unpaired) electrons. The zero-order chi connectivity index (χ0) is 15.2. The van der Waals surface area contributed by atoms with Crippen LogP contribution in [0.5, 0.6) is 5.88 Å². The van der Waals surface area contributed by atoms with Crippen LogP contribution in [0.2, 0.25) is 0 Å². The molecule has 118 valence electrons. The SMILES string of the molecule is CCOc1ncnc(N2CCN(C(CC)CN)CC2)c1C. The molecule has 21 heavy (non-hydrogen) atoms. The zero-order valence-corrected chi connectivity index (χ0v) is 13.4. The molecule has 1 fully saturated rings. The lowest BCUT2D eigenvalue weighted by Crippen LogP contribution is -2.52. The van der Waals surface area contributed by atoms with Gasteiger partial charge in [-0.1, -0.05) is 6.92 Å². The second-order valence-electron chi connectivity index (χ2n) is 5.38. The van der Waals surface area contributed by atoms with Crippen molar-refractivity contribution in [1.29, 1.82) is 0 Å². The van der Waals surface area contributed by atoms with Gasteiger partial charge in [-0.05, 0) is 20.3 Å². The Hall–Kier alpha value is -1.40. The van der Waals surface area contributed by atoms with Gasteiger partial charge < -0.3 is 15.4 Å². The highest BCUT2D eigenvalue weighted by atomic mass is 16.5. The molecule has 1 aromatic rings. The molecule has 1 atom stereocenters. The highest BCUT2D eigenvalue weighted by Crippen LogP contribution is 2.25. The predicted molar refractivity (Wildman–Crippen MR) is 84.9 cm³/mol. The highest BCUT2D eigenvalue weighted by molar-refractivity contribution is 5.50. The molecule has 1 aliphatic rings. The largest absolute Gasteiger partial charge is 0.478 e. The third-order valence-corrected chi connectivity index (χ3v) is 4.17. The number of hydrogen-bond acceptors (Lipinski definition) is 6. The number of aromatic nitrogens is 2. The Kier molecular flexibility index (Phi) is 5.76. The Morgan fingerprint density at radius 3 is 2.52 bits per heavy atom. The first kappa shape index (κ1) is 16.0. The Morgan fingerprint density at radius 1 is 1.24 bits per heavy atom. The Labute approximate surface area is 127 Å². The van der Waals surface area contributed by atoms with Crippen LogP contribution in [0.4, 0.5) is 5.82 Å². The summed E-state index contributed by atoms with van der Waals surface area (Å²) in [6.07, 6.45) is 2.70. The van der Waals surface area contributed by atoms with Gasteiger partial charge in [-0.2, -0.15) is 0 Å². The normalized spacial score (nSPS) is 17.8. The van der Waals surface area contributed by atoms with E-state index in [1.54, 1.807) is 6.33 Å². The molecule has 0 bridgehead atoms. The summed E-state index contributed by atoms with van der Waals surface area (Å²) in [4.78, 5) is 13.5. The molecule has 2 heterocycles. The molecule has 6 nitrogen and oxygen atoms in total. The number of nitrogens with zero attached hydrogens (tertiary/aromatic N) is 4. The van der Waals surface area contributed by atoms with Crippen LogP contribution in [0.3, 0.4) is 0 Å². The Bertz CT molecular complexity index is 442. The van der Waals surface area contributed by atoms with Gasteiger partial charge in [0, 0.05) is 38.8 Å². The van der Waals surface area contributed by atoms with Crippen LogP contribution in [0, 0.1) is 6.92 Å². The summed E-state index contributed by atoms with van der Waals surface area (Å²) in [5.41, 5.74) is 6.87. The van der Waals surface area contributed by atoms with E-state index >= 15 is 0 Å². The molecule has 1 aliphatic heterocycles. The van der Waals surface area contributed by atoms with E-state index in [2.05, 4.69) is 26.7 Å². The minimum Gasteiger partial charge on any atom is -0.478 e. The topological polar surface area (TPSA) is 67.5 Å². The van der Waals surface area contributed by atoms with Crippen LogP contribution in [0.15, 0.2) is 6.33 Å². The number of ether oxygens (including phenoxy) is 1. The van der Waals surface area contributed by atoms with Crippen molar-refractivity contribution >= 4 is 5.82 Å². The van der Waals surface area contributed by atoms with E-state index in [0.717, 1.165) is 50.5 Å². The number of anilines is 1. The van der Waals surface area contributed by atoms with Crippen molar-refractivity contribution in [3.8, 4) is 5.88 Å². The van der Waals surface area contributed by atoms with Crippen molar-refractivity contribution in [3.63, 3.8) is 0 Å². The summed E-state index contributed by atoms with van der Waals surface area (Å²) < 4.78 is 5.56. The van der Waals surface area contributed by atoms with Crippen molar-refractivity contribution in [3.05, 3.63) is 11.9 Å². The quantitative estimate of drug-likeness (QED) is 0.845. The minimum absolute atomic E-state index is 0.498. The van der Waals surface area contributed by atoms with E-state index in [4.69, 9.17) is 10.5 Å². The van der Waals surface area contributed by atoms with Crippen LogP contribution in [0.25, 0.3) is 0 Å². The van der Waals surface area contributed by atoms with Gasteiger partial charge in [-0.15, -0.1) is 0 Å². The van der Waals surface area contributed by atoms with Gasteiger partial charge in [0.15, 0.2) is 0 Å². The molecule has 0 amide bonds. The van der Waals surface area contributed by atoms with Crippen LogP contribution < -0.4 is 15.4 Å². The molecule has 0 saturated carbocycles. The second-order valence-corrected chi connectivity index (χ2v) is 5.38. The van der Waals surface area contributed by atoms with Gasteiger partial charge in [0.05, 0.1) is 12.2 Å². The molecule has 1 aromatic heterocycles. The van der Waals surface area contributed by atoms with Gasteiger partial charge in [0.25, 0.3) is 0 Å². The highest BCUT2D eigenvalue weighted by Gasteiger charge is 2.24. The fourth-order valence-corrected chi connectivity index (χ4v) is 2.90. The second kappa shape index (κ2) is 7.56. The molecule has 6 heteroatoms. The predicted octanol–water partition coefficient (Wildman–Crippen LogP) is 1.04. The Balaban J connectivity index is 2.04. The van der Waals surface area contributed by atoms with E-state index < -0.39 is 0 Å². The third kappa shape index (κ3) is 3.63. The van der Waals surface area contributed by atoms with Crippen molar-refractivity contribution in [1.82, 2.24) is 14.9 Å². The van der Waals surface area contributed by atoms with Crippen molar-refractivity contribution in [2.75, 3.05) is 44.2 Å². The number of hydrogen-bond donors (Lipinski definition) is 1. The average molecular weight is 293 g/mol. The van der Waals surface area contributed by atoms with Crippen molar-refractivity contribution < 1.29 is 4.74 Å². The van der Waals surface area contributed by atoms with E-state index in [0.29, 0.717) is 18.5 Å². The van der Waals surface area contributed by atoms with Crippen LogP contribution in [0.1, 0.15) is 25.8 Å². The lowest BCUT2D eigenvalue weighted by Gasteiger charge is -2.39. The maximum atomic E-state index is 5.84. The lowest BCUT2D eigenvalue weighted by molar-refractivity contribution is 0.184. The first-order chi connectivity index (χ1) is 10.2. The zero-order valence-electron chi connectivity index (χ0n) is 13.4. The molecule has 2 rings (SSSR count). The van der Waals surface area contributed by atoms with E-state index in [-0.39, 0.29) is 0 Å². The molecule has 1 unspecified atom stereocenters. The van der Waals surface area contributed by atoms with Gasteiger partial charge >= 0.3 is 0 Å². The van der Waals surface area contributed by atoms with Gasteiger partial charge in [0.2, 0.25) is 5.88 Å². The van der Waals surface area contributed by atoms with Crippen LogP contribution in [-0.2, 0) is 0 Å². The van der Waals surface area contributed by atoms with E-state index in [9.17, 15) is 0 Å². The van der Waals surface area contributed by atoms with Gasteiger partial charge in [0.1, 0.15) is 12.1 Å². The summed E-state index contributed by atoms with van der Waals surface area (Å²) in [6, 6.07) is 0.498. The maximum absolute atomic E-state index is 5.84. The smallest absolute Gasteiger partial charge is 0.221 e. The first-order valence-electron chi connectivity index (χ1n) is 7.84. The molecule has 0 aromatic carbocycles. The fraction of sp³-hybridized carbons (Fsp3) is 0.733. The van der Waals surface area contributed by atoms with Gasteiger partial charge in [-0.25, -0.2) is 9.97 Å². The average Bonchev–Trinajstić information content (AvgIpc) is 2.52. The van der Waals surface area contributed by atoms with Crippen LogP contribution >= 0.6 is 0 Å². The number of piperazine rings is 1. The van der Waals surface area contributed by atoms with Gasteiger partial charge in [-0.3, -0.25) is 4.90 Å². The third-order valence-electron chi connectivity index (χ3n) is 4.17. The summed E-state index contributed by atoms with van der Waals surface area (Å²) in [5.74, 6) is 1.69. The summed E-state index contributed by atoms with van der Waals surface area (Å²) in [5, 5.41) is 0. The number of rotatable bonds is 6. The van der Waals surface area contributed by atoms with Crippen molar-refractivity contribution in [2.24, 2.45) is 5.73 Å². The standard InChI is InChI=1S/C15H27N5O/c1-4-13(10-16)19-6-8-20(9-7-19)14-12(3)15(21-5-2)18-11-17-14/h11,13H,4-10,16H2,1-3H3. The molecule has 1 saturated heterocycles. The fourth-order valence-electron chi connectivity index (χ4n) is 2.90. The van der Waals surface area contributed by atoms with Crippen molar-refractivity contribution in [2.45, 2.75) is 33.2 Å². The van der Waals surface area contributed by atoms with Crippen LogP contribution in [-0.4, -0.2) is 60.2 Å². The molecule has 0 aliphatic carbocycles. The Morgan fingerprint density at radius 2 is 1.95 bits per heavy atom. The molecule has 2 N–H and O–H groups in total. The first-order valence-corrected chi connectivity index (χ1v) is 7.84. The van der Waals surface area contributed by atoms with E-state index in [1.165, 1.54) is 0 Å². The summed E-state index contributed by atoms with van der Waals surface area (Å²) in [7, 11) is 0. The lowest BCUT2D eigenvalue weighted by atomic mass is 10.1. The molecular weight excluding hydrogens is 266 g/mol. The maximum Gasteiger partial charge on any atom is 0.221 e.